The highest BCUT2D eigenvalue weighted by molar-refractivity contribution is 7.47. The summed E-state index contributed by atoms with van der Waals surface area (Å²) in [5.41, 5.74) is 0. The van der Waals surface area contributed by atoms with Gasteiger partial charge in [-0.1, -0.05) is 281 Å². The molecule has 19 heteroatoms. The fourth-order valence-corrected chi connectivity index (χ4v) is 11.8. The Morgan fingerprint density at radius 1 is 0.309 bits per heavy atom. The Balaban J connectivity index is 5.28. The van der Waals surface area contributed by atoms with Crippen molar-refractivity contribution < 1.29 is 80.2 Å². The number of carbonyl (C=O) groups excluding carboxylic acids is 4. The van der Waals surface area contributed by atoms with Crippen LogP contribution in [0.2, 0.25) is 0 Å². The summed E-state index contributed by atoms with van der Waals surface area (Å²) in [5.74, 6) is -2.18. The van der Waals surface area contributed by atoms with Gasteiger partial charge in [-0.15, -0.1) is 0 Å². The number of carbonyl (C=O) groups is 4. The second kappa shape index (κ2) is 68.3. The summed E-state index contributed by atoms with van der Waals surface area (Å²) in [6, 6.07) is 0. The van der Waals surface area contributed by atoms with Crippen molar-refractivity contribution in [1.29, 1.82) is 0 Å². The number of phosphoric acid groups is 2. The molecule has 0 aromatic rings. The third-order valence-electron chi connectivity index (χ3n) is 16.0. The molecule has 0 radical (unpaired) electrons. The van der Waals surface area contributed by atoms with E-state index in [4.69, 9.17) is 37.0 Å². The van der Waals surface area contributed by atoms with E-state index in [1.54, 1.807) is 0 Å². The molecule has 0 bridgehead atoms. The number of allylic oxidation sites excluding steroid dienone is 10. The van der Waals surface area contributed by atoms with E-state index in [2.05, 4.69) is 88.5 Å². The highest BCUT2D eigenvalue weighted by Gasteiger charge is 2.30. The molecule has 0 fully saturated rings. The molecule has 3 N–H and O–H groups in total. The molecule has 0 amide bonds. The van der Waals surface area contributed by atoms with E-state index in [9.17, 15) is 43.2 Å². The van der Waals surface area contributed by atoms with Crippen LogP contribution in [-0.2, 0) is 65.4 Å². The Labute approximate surface area is 571 Å². The van der Waals surface area contributed by atoms with E-state index < -0.39 is 97.5 Å². The van der Waals surface area contributed by atoms with Gasteiger partial charge in [0.15, 0.2) is 12.2 Å². The van der Waals surface area contributed by atoms with E-state index in [-0.39, 0.29) is 25.7 Å². The molecule has 0 aliphatic carbocycles. The minimum Gasteiger partial charge on any atom is -0.462 e. The lowest BCUT2D eigenvalue weighted by Gasteiger charge is -2.21. The quantitative estimate of drug-likeness (QED) is 0.0169. The van der Waals surface area contributed by atoms with Gasteiger partial charge in [0.25, 0.3) is 0 Å². The molecule has 5 atom stereocenters. The molecule has 0 aromatic heterocycles. The Morgan fingerprint density at radius 2 is 0.553 bits per heavy atom. The molecule has 0 saturated carbocycles. The Hall–Kier alpha value is -3.24. The zero-order valence-corrected chi connectivity index (χ0v) is 61.4. The average molecular weight is 1370 g/mol. The predicted octanol–water partition coefficient (Wildman–Crippen LogP) is 21.1. The lowest BCUT2D eigenvalue weighted by atomic mass is 10.1. The molecule has 0 aromatic carbocycles. The van der Waals surface area contributed by atoms with Crippen LogP contribution in [-0.4, -0.2) is 96.7 Å². The number of hydrogen-bond donors (Lipinski definition) is 3. The summed E-state index contributed by atoms with van der Waals surface area (Å²) in [6.07, 6.45) is 65.1. The largest absolute Gasteiger partial charge is 0.472 e. The number of aliphatic hydroxyl groups is 1. The molecule has 0 saturated heterocycles. The first-order valence-corrected chi connectivity index (χ1v) is 40.5. The fourth-order valence-electron chi connectivity index (χ4n) is 10.3. The zero-order chi connectivity index (χ0) is 69.0. The number of ether oxygens (including phenoxy) is 4. The molecule has 17 nitrogen and oxygen atoms in total. The molecular weight excluding hydrogens is 1230 g/mol. The first-order chi connectivity index (χ1) is 45.7. The van der Waals surface area contributed by atoms with Crippen molar-refractivity contribution in [2.24, 2.45) is 0 Å². The van der Waals surface area contributed by atoms with Crippen molar-refractivity contribution in [1.82, 2.24) is 0 Å². The lowest BCUT2D eigenvalue weighted by Crippen LogP contribution is -2.30. The summed E-state index contributed by atoms with van der Waals surface area (Å²) >= 11 is 0. The SMILES string of the molecule is CC/C=C\C/C=C\C/C=C\C/C=C\CCCCCCC(=O)OCC(COP(=O)(O)OCC(O)COP(=O)(O)OCC(COC(=O)CCCCCCC/C=C\CCCCCCCC)OC(=O)CCCCCCCCCCCCC)OC(=O)CCCCCCCCCCCCC. The van der Waals surface area contributed by atoms with Gasteiger partial charge in [-0.2, -0.15) is 0 Å². The predicted molar refractivity (Wildman–Crippen MR) is 381 cm³/mol. The van der Waals surface area contributed by atoms with Gasteiger partial charge in [-0.3, -0.25) is 37.3 Å². The molecule has 0 aliphatic rings. The number of rotatable bonds is 71. The number of aliphatic hydroxyl groups excluding tert-OH is 1. The van der Waals surface area contributed by atoms with Crippen molar-refractivity contribution in [3.05, 3.63) is 60.8 Å². The number of hydrogen-bond acceptors (Lipinski definition) is 15. The molecule has 548 valence electrons. The van der Waals surface area contributed by atoms with E-state index in [0.29, 0.717) is 25.7 Å². The van der Waals surface area contributed by atoms with Crippen LogP contribution in [0.4, 0.5) is 0 Å². The Kier molecular flexibility index (Phi) is 65.9. The molecule has 0 heterocycles. The Bertz CT molecular complexity index is 2030. The van der Waals surface area contributed by atoms with E-state index >= 15 is 0 Å². The summed E-state index contributed by atoms with van der Waals surface area (Å²) in [6.45, 7) is 4.74. The van der Waals surface area contributed by atoms with Gasteiger partial charge in [0.1, 0.15) is 19.3 Å². The monoisotopic (exact) mass is 1370 g/mol. The summed E-state index contributed by atoms with van der Waals surface area (Å²) in [7, 11) is -9.93. The van der Waals surface area contributed by atoms with Gasteiger partial charge in [0.2, 0.25) is 0 Å². The second-order valence-corrected chi connectivity index (χ2v) is 28.1. The van der Waals surface area contributed by atoms with Crippen molar-refractivity contribution in [3.63, 3.8) is 0 Å². The number of unbranched alkanes of at least 4 members (excludes halogenated alkanes) is 35. The minimum absolute atomic E-state index is 0.0945. The van der Waals surface area contributed by atoms with Crippen LogP contribution < -0.4 is 0 Å². The summed E-state index contributed by atoms with van der Waals surface area (Å²) in [4.78, 5) is 72.7. The second-order valence-electron chi connectivity index (χ2n) is 25.2. The summed E-state index contributed by atoms with van der Waals surface area (Å²) in [5, 5.41) is 10.6. The lowest BCUT2D eigenvalue weighted by molar-refractivity contribution is -0.161. The standard InChI is InChI=1S/C75H136O17P2/c1-5-9-13-17-21-25-29-31-33-34-36-38-42-44-48-52-56-60-73(78)86-66-71(92-75(80)62-58-54-50-46-40-28-24-20-16-12-8-4)68-90-94(83,84)88-64-69(76)63-87-93(81,82)89-67-70(91-74(79)61-57-53-49-45-39-27-23-19-15-11-7-3)65-85-72(77)59-55-51-47-43-41-37-35-32-30-26-22-18-14-10-6-2/h9,13,21,25,31-33,35-36,38,69-71,76H,5-8,10-12,14-20,22-24,26-30,34,37,39-68H2,1-4H3,(H,81,82)(H,83,84)/b13-9-,25-21-,33-31-,35-32-,38-36-. The maximum atomic E-state index is 13.0. The van der Waals surface area contributed by atoms with Crippen LogP contribution in [0.3, 0.4) is 0 Å². The topological polar surface area (TPSA) is 237 Å². The average Bonchev–Trinajstić information content (AvgIpc) is 1.32. The van der Waals surface area contributed by atoms with E-state index in [1.807, 2.05) is 0 Å². The maximum absolute atomic E-state index is 13.0. The maximum Gasteiger partial charge on any atom is 0.472 e. The van der Waals surface area contributed by atoms with Crippen molar-refractivity contribution in [2.45, 2.75) is 354 Å². The number of esters is 4. The first-order valence-electron chi connectivity index (χ1n) is 37.5. The molecule has 94 heavy (non-hydrogen) atoms. The van der Waals surface area contributed by atoms with Crippen molar-refractivity contribution >= 4 is 39.5 Å². The van der Waals surface area contributed by atoms with Gasteiger partial charge in [-0.25, -0.2) is 9.13 Å². The Morgan fingerprint density at radius 3 is 0.862 bits per heavy atom. The van der Waals surface area contributed by atoms with Crippen molar-refractivity contribution in [2.75, 3.05) is 39.6 Å². The molecular formula is C75H136O17P2. The van der Waals surface area contributed by atoms with Crippen LogP contribution in [0.5, 0.6) is 0 Å². The van der Waals surface area contributed by atoms with Crippen molar-refractivity contribution in [3.8, 4) is 0 Å². The molecule has 0 rings (SSSR count). The van der Waals surface area contributed by atoms with Crippen LogP contribution in [0.1, 0.15) is 336 Å². The number of phosphoric ester groups is 2. The van der Waals surface area contributed by atoms with Gasteiger partial charge >= 0.3 is 39.5 Å². The first kappa shape index (κ1) is 90.8. The van der Waals surface area contributed by atoms with Gasteiger partial charge < -0.3 is 33.8 Å². The smallest absolute Gasteiger partial charge is 0.462 e. The van der Waals surface area contributed by atoms with Gasteiger partial charge in [-0.05, 0) is 89.9 Å². The minimum atomic E-state index is -4.97. The molecule has 5 unspecified atom stereocenters. The van der Waals surface area contributed by atoms with Gasteiger partial charge in [0, 0.05) is 25.7 Å². The highest BCUT2D eigenvalue weighted by Crippen LogP contribution is 2.45. The van der Waals surface area contributed by atoms with Crippen LogP contribution in [0.25, 0.3) is 0 Å². The summed E-state index contributed by atoms with van der Waals surface area (Å²) < 4.78 is 68.3. The third-order valence-corrected chi connectivity index (χ3v) is 17.9. The molecule has 0 spiro atoms. The fraction of sp³-hybridized carbons (Fsp3) is 0.813. The van der Waals surface area contributed by atoms with Crippen LogP contribution in [0, 0.1) is 0 Å². The highest BCUT2D eigenvalue weighted by atomic mass is 31.2. The molecule has 0 aliphatic heterocycles. The van der Waals surface area contributed by atoms with Crippen LogP contribution in [0.15, 0.2) is 60.8 Å². The third kappa shape index (κ3) is 67.3. The van der Waals surface area contributed by atoms with Gasteiger partial charge in [0.05, 0.1) is 26.4 Å². The van der Waals surface area contributed by atoms with E-state index in [1.165, 1.54) is 116 Å². The van der Waals surface area contributed by atoms with Crippen LogP contribution >= 0.6 is 15.6 Å². The van der Waals surface area contributed by atoms with E-state index in [0.717, 1.165) is 141 Å². The zero-order valence-electron chi connectivity index (χ0n) is 59.6. The normalized spacial score (nSPS) is 14.3.